The minimum absolute atomic E-state index is 0. The van der Waals surface area contributed by atoms with Gasteiger partial charge in [0.15, 0.2) is 11.5 Å². The van der Waals surface area contributed by atoms with Crippen LogP contribution in [-0.4, -0.2) is 27.4 Å². The van der Waals surface area contributed by atoms with E-state index in [9.17, 15) is 0 Å². The van der Waals surface area contributed by atoms with E-state index in [1.54, 1.807) is 13.8 Å². The fourth-order valence-corrected chi connectivity index (χ4v) is 3.48. The van der Waals surface area contributed by atoms with Crippen LogP contribution in [-0.2, 0) is 20.1 Å². The van der Waals surface area contributed by atoms with Crippen LogP contribution < -0.4 is 9.47 Å². The van der Waals surface area contributed by atoms with Crippen LogP contribution in [0.5, 0.6) is 23.0 Å². The molecule has 3 aromatic carbocycles. The number of hydrogen-bond acceptors (Lipinski definition) is 5. The summed E-state index contributed by atoms with van der Waals surface area (Å²) in [6.07, 6.45) is 1.53. The Labute approximate surface area is 201 Å². The first-order valence-electron chi connectivity index (χ1n) is 10.2. The Morgan fingerprint density at radius 2 is 1.50 bits per heavy atom. The number of aliphatic hydroxyl groups is 2. The number of para-hydroxylation sites is 2. The fraction of sp³-hybridized carbons (Fsp3) is 0.192. The third-order valence-electron chi connectivity index (χ3n) is 4.79. The second-order valence-electron chi connectivity index (χ2n) is 7.51. The van der Waals surface area contributed by atoms with Crippen LogP contribution in [0.2, 0.25) is 0 Å². The Hall–Kier alpha value is -2.76. The van der Waals surface area contributed by atoms with Crippen molar-refractivity contribution in [1.82, 2.24) is 4.98 Å². The number of ether oxygens (including phenoxy) is 2. The van der Waals surface area contributed by atoms with Gasteiger partial charge in [-0.15, -0.1) is 12.1 Å². The molecule has 0 aliphatic carbocycles. The maximum Gasteiger partial charge on any atom is 0.166 e. The molecule has 2 N–H and O–H groups in total. The Balaban J connectivity index is 0.000000318. The summed E-state index contributed by atoms with van der Waals surface area (Å²) in [5, 5.41) is 19.3. The van der Waals surface area contributed by atoms with Crippen LogP contribution in [0.25, 0.3) is 22.0 Å². The molecule has 2 heterocycles. The summed E-state index contributed by atoms with van der Waals surface area (Å²) in [7, 11) is 0. The Morgan fingerprint density at radius 1 is 0.844 bits per heavy atom. The molecule has 5 nitrogen and oxygen atoms in total. The van der Waals surface area contributed by atoms with Crippen molar-refractivity contribution in [3.05, 3.63) is 79.0 Å². The van der Waals surface area contributed by atoms with Gasteiger partial charge in [-0.2, -0.15) is 0 Å². The quantitative estimate of drug-likeness (QED) is 0.257. The summed E-state index contributed by atoms with van der Waals surface area (Å²) in [5.74, 6) is 2.75. The molecule has 0 amide bonds. The molecule has 167 valence electrons. The van der Waals surface area contributed by atoms with Gasteiger partial charge in [0.05, 0.1) is 23.7 Å². The first kappa shape index (κ1) is 23.9. The van der Waals surface area contributed by atoms with Crippen LogP contribution in [0, 0.1) is 6.07 Å². The number of hydrogen-bond donors (Lipinski definition) is 2. The first-order chi connectivity index (χ1) is 15.0. The van der Waals surface area contributed by atoms with E-state index in [1.807, 2.05) is 60.8 Å². The molecular formula is C26H24IrNO4-. The van der Waals surface area contributed by atoms with E-state index >= 15 is 0 Å². The minimum Gasteiger partial charge on any atom is -0.494 e. The van der Waals surface area contributed by atoms with Crippen molar-refractivity contribution in [2.75, 3.05) is 0 Å². The second-order valence-corrected chi connectivity index (χ2v) is 7.51. The molecule has 0 saturated carbocycles. The van der Waals surface area contributed by atoms with Crippen molar-refractivity contribution >= 4 is 10.8 Å². The van der Waals surface area contributed by atoms with Crippen LogP contribution in [0.3, 0.4) is 0 Å². The molecule has 1 aliphatic heterocycles. The van der Waals surface area contributed by atoms with Gasteiger partial charge in [-0.25, -0.2) is 0 Å². The van der Waals surface area contributed by atoms with E-state index in [1.165, 1.54) is 0 Å². The van der Waals surface area contributed by atoms with Crippen LogP contribution in [0.15, 0.2) is 72.9 Å². The predicted octanol–water partition coefficient (Wildman–Crippen LogP) is 5.74. The van der Waals surface area contributed by atoms with E-state index in [4.69, 9.17) is 19.7 Å². The zero-order valence-corrected chi connectivity index (χ0v) is 20.2. The maximum absolute atomic E-state index is 8.56. The van der Waals surface area contributed by atoms with E-state index in [2.05, 4.69) is 23.2 Å². The number of pyridine rings is 1. The van der Waals surface area contributed by atoms with Gasteiger partial charge in [-0.05, 0) is 54.9 Å². The molecule has 32 heavy (non-hydrogen) atoms. The molecular weight excluding hydrogens is 583 g/mol. The van der Waals surface area contributed by atoms with Crippen LogP contribution in [0.1, 0.15) is 20.3 Å². The van der Waals surface area contributed by atoms with Crippen molar-refractivity contribution in [2.24, 2.45) is 0 Å². The molecule has 0 fully saturated rings. The third-order valence-corrected chi connectivity index (χ3v) is 4.79. The zero-order chi connectivity index (χ0) is 21.8. The molecule has 1 aliphatic rings. The molecule has 0 spiro atoms. The summed E-state index contributed by atoms with van der Waals surface area (Å²) in [4.78, 5) is 4.57. The van der Waals surface area contributed by atoms with E-state index in [-0.39, 0.29) is 32.3 Å². The van der Waals surface area contributed by atoms with Gasteiger partial charge >= 0.3 is 0 Å². The molecule has 5 rings (SSSR count). The standard InChI is InChI=1S/C21H12NO2.C5H12O2.Ir/c1-2-7-15-14(6-1)12-13-22-20(15)16-8-5-11-19-21(16)24-18-10-4-3-9-17(18)23-19;1-4(6)3-5(2)7;/h1-7,9-13H;4-7H,3H2,1-2H3;/q-1;;. The van der Waals surface area contributed by atoms with Gasteiger partial charge in [0.2, 0.25) is 0 Å². The maximum atomic E-state index is 8.56. The van der Waals surface area contributed by atoms with Crippen molar-refractivity contribution in [1.29, 1.82) is 0 Å². The van der Waals surface area contributed by atoms with E-state index in [0.717, 1.165) is 22.0 Å². The van der Waals surface area contributed by atoms with Crippen molar-refractivity contribution < 1.29 is 39.8 Å². The van der Waals surface area contributed by atoms with Gasteiger partial charge in [-0.3, -0.25) is 0 Å². The van der Waals surface area contributed by atoms with Gasteiger partial charge in [-0.1, -0.05) is 48.0 Å². The van der Waals surface area contributed by atoms with Crippen LogP contribution >= 0.6 is 0 Å². The fourth-order valence-electron chi connectivity index (χ4n) is 3.48. The first-order valence-corrected chi connectivity index (χ1v) is 10.2. The normalized spacial score (nSPS) is 13.1. The summed E-state index contributed by atoms with van der Waals surface area (Å²) in [6, 6.07) is 24.8. The third kappa shape index (κ3) is 5.34. The summed E-state index contributed by atoms with van der Waals surface area (Å²) < 4.78 is 12.1. The number of rotatable bonds is 3. The zero-order valence-electron chi connectivity index (χ0n) is 17.8. The monoisotopic (exact) mass is 607 g/mol. The topological polar surface area (TPSA) is 71.8 Å². The number of nitrogens with zero attached hydrogens (tertiary/aromatic N) is 1. The molecule has 2 unspecified atom stereocenters. The number of aliphatic hydroxyl groups excluding tert-OH is 2. The van der Waals surface area contributed by atoms with Gasteiger partial charge in [0.1, 0.15) is 0 Å². The van der Waals surface area contributed by atoms with Crippen LogP contribution in [0.4, 0.5) is 0 Å². The molecule has 6 heteroatoms. The van der Waals surface area contributed by atoms with Crippen molar-refractivity contribution in [3.8, 4) is 34.3 Å². The molecule has 2 atom stereocenters. The largest absolute Gasteiger partial charge is 0.494 e. The molecule has 0 saturated heterocycles. The predicted molar refractivity (Wildman–Crippen MR) is 121 cm³/mol. The SMILES string of the molecule is CC(O)CC(C)O.[Ir].[c-]1ccc2c(c1-c1nccc3ccccc13)Oc1ccccc1O2. The number of aromatic nitrogens is 1. The number of benzene rings is 3. The average Bonchev–Trinajstić information content (AvgIpc) is 2.76. The molecule has 1 radical (unpaired) electrons. The molecule has 0 bridgehead atoms. The summed E-state index contributed by atoms with van der Waals surface area (Å²) in [6.45, 7) is 3.32. The van der Waals surface area contributed by atoms with E-state index < -0.39 is 0 Å². The van der Waals surface area contributed by atoms with Gasteiger partial charge in [0, 0.05) is 26.3 Å². The Kier molecular flexibility index (Phi) is 7.99. The smallest absolute Gasteiger partial charge is 0.166 e. The summed E-state index contributed by atoms with van der Waals surface area (Å²) >= 11 is 0. The van der Waals surface area contributed by atoms with Gasteiger partial charge < -0.3 is 24.7 Å². The average molecular weight is 607 g/mol. The molecule has 1 aromatic heterocycles. The molecule has 4 aromatic rings. The van der Waals surface area contributed by atoms with Crippen molar-refractivity contribution in [3.63, 3.8) is 0 Å². The number of fused-ring (bicyclic) bond motifs is 3. The Morgan fingerprint density at radius 3 is 2.19 bits per heavy atom. The minimum atomic E-state index is -0.375. The van der Waals surface area contributed by atoms with Crippen molar-refractivity contribution in [2.45, 2.75) is 32.5 Å². The second kappa shape index (κ2) is 10.7. The van der Waals surface area contributed by atoms with Gasteiger partial charge in [0.25, 0.3) is 0 Å². The van der Waals surface area contributed by atoms with E-state index in [0.29, 0.717) is 29.4 Å². The summed E-state index contributed by atoms with van der Waals surface area (Å²) in [5.41, 5.74) is 1.65. The Bertz CT molecular complexity index is 1180.